The average molecular weight is 352 g/mol. The molecule has 0 radical (unpaired) electrons. The van der Waals surface area contributed by atoms with Crippen LogP contribution in [0.25, 0.3) is 0 Å². The predicted molar refractivity (Wildman–Crippen MR) is 79.3 cm³/mol. The summed E-state index contributed by atoms with van der Waals surface area (Å²) in [5.41, 5.74) is -3.63. The van der Waals surface area contributed by atoms with Crippen LogP contribution in [0.5, 0.6) is 0 Å². The van der Waals surface area contributed by atoms with Gasteiger partial charge in [0.05, 0.1) is 5.92 Å². The third-order valence-corrected chi connectivity index (χ3v) is 3.96. The molecular weight excluding hydrogens is 325 g/mol. The first-order valence-electron chi connectivity index (χ1n) is 7.82. The Morgan fingerprint density at radius 3 is 1.38 bits per heavy atom. The fourth-order valence-corrected chi connectivity index (χ4v) is 3.54. The van der Waals surface area contributed by atoms with Crippen molar-refractivity contribution in [3.63, 3.8) is 0 Å². The van der Waals surface area contributed by atoms with Crippen LogP contribution in [0.3, 0.4) is 0 Å². The molecule has 0 amide bonds. The second-order valence-electron chi connectivity index (χ2n) is 9.05. The minimum atomic E-state index is -4.86. The Labute approximate surface area is 141 Å². The standard InChI is InChI=1S/C17H29F3O4/c1-10(17(18,19)20)11(12(21)22)16(13(23)24,8-14(2,3)4)9-15(5,6)7/h10-11H,8-9H2,1-7H3,(H,21,22)(H,23,24)/p-2. The van der Waals surface area contributed by atoms with Crippen molar-refractivity contribution >= 4 is 11.9 Å². The summed E-state index contributed by atoms with van der Waals surface area (Å²) < 4.78 is 39.6. The topological polar surface area (TPSA) is 80.3 Å². The highest BCUT2D eigenvalue weighted by Gasteiger charge is 2.54. The number of carboxylic acids is 2. The van der Waals surface area contributed by atoms with Gasteiger partial charge < -0.3 is 19.8 Å². The Morgan fingerprint density at radius 2 is 1.21 bits per heavy atom. The number of carbonyl (C=O) groups is 2. The van der Waals surface area contributed by atoms with Crippen molar-refractivity contribution in [1.82, 2.24) is 0 Å². The molecule has 7 heteroatoms. The lowest BCUT2D eigenvalue weighted by Crippen LogP contribution is -2.59. The van der Waals surface area contributed by atoms with Gasteiger partial charge in [0, 0.05) is 23.3 Å². The van der Waals surface area contributed by atoms with Gasteiger partial charge in [-0.15, -0.1) is 0 Å². The second-order valence-corrected chi connectivity index (χ2v) is 9.05. The molecule has 0 saturated carbocycles. The minimum absolute atomic E-state index is 0.265. The molecule has 24 heavy (non-hydrogen) atoms. The molecule has 0 saturated heterocycles. The van der Waals surface area contributed by atoms with Crippen molar-refractivity contribution in [2.45, 2.75) is 67.5 Å². The van der Waals surface area contributed by atoms with Crippen LogP contribution in [0.4, 0.5) is 13.2 Å². The number of hydrogen-bond acceptors (Lipinski definition) is 4. The highest BCUT2D eigenvalue weighted by Crippen LogP contribution is 2.51. The molecule has 0 fully saturated rings. The maximum atomic E-state index is 13.2. The van der Waals surface area contributed by atoms with E-state index < -0.39 is 46.2 Å². The zero-order chi connectivity index (χ0) is 19.7. The molecule has 0 spiro atoms. The lowest BCUT2D eigenvalue weighted by Gasteiger charge is -2.50. The van der Waals surface area contributed by atoms with Gasteiger partial charge in [-0.1, -0.05) is 48.5 Å². The van der Waals surface area contributed by atoms with Crippen LogP contribution in [0.2, 0.25) is 0 Å². The third-order valence-electron chi connectivity index (χ3n) is 3.96. The molecule has 0 bridgehead atoms. The summed E-state index contributed by atoms with van der Waals surface area (Å²) in [5, 5.41) is 23.6. The zero-order valence-corrected chi connectivity index (χ0v) is 15.3. The average Bonchev–Trinajstić information content (AvgIpc) is 2.21. The maximum absolute atomic E-state index is 13.2. The fraction of sp³-hybridized carbons (Fsp3) is 0.882. The molecule has 0 aromatic carbocycles. The Kier molecular flexibility index (Phi) is 6.56. The third kappa shape index (κ3) is 5.98. The quantitative estimate of drug-likeness (QED) is 0.734. The van der Waals surface area contributed by atoms with Crippen LogP contribution in [0.15, 0.2) is 0 Å². The summed E-state index contributed by atoms with van der Waals surface area (Å²) in [7, 11) is 0. The molecule has 0 aromatic heterocycles. The lowest BCUT2D eigenvalue weighted by molar-refractivity contribution is -0.346. The van der Waals surface area contributed by atoms with Crippen molar-refractivity contribution < 1.29 is 33.0 Å². The molecule has 0 aromatic rings. The van der Waals surface area contributed by atoms with Gasteiger partial charge >= 0.3 is 6.18 Å². The highest BCUT2D eigenvalue weighted by atomic mass is 19.4. The molecule has 0 aliphatic carbocycles. The van der Waals surface area contributed by atoms with Gasteiger partial charge in [-0.25, -0.2) is 0 Å². The Hall–Kier alpha value is -1.27. The van der Waals surface area contributed by atoms with E-state index in [1.807, 2.05) is 0 Å². The molecule has 142 valence electrons. The molecule has 4 nitrogen and oxygen atoms in total. The monoisotopic (exact) mass is 352 g/mol. The number of carboxylic acid groups (broad SMARTS) is 2. The van der Waals surface area contributed by atoms with E-state index in [0.29, 0.717) is 6.92 Å². The van der Waals surface area contributed by atoms with Gasteiger partial charge in [-0.3, -0.25) is 0 Å². The van der Waals surface area contributed by atoms with Crippen LogP contribution in [0.1, 0.15) is 61.3 Å². The second kappa shape index (κ2) is 6.92. The Morgan fingerprint density at radius 1 is 0.875 bits per heavy atom. The van der Waals surface area contributed by atoms with Gasteiger partial charge in [0.25, 0.3) is 0 Å². The smallest absolute Gasteiger partial charge is 0.392 e. The summed E-state index contributed by atoms with van der Waals surface area (Å²) in [6, 6.07) is 0. The van der Waals surface area contributed by atoms with E-state index in [2.05, 4.69) is 0 Å². The van der Waals surface area contributed by atoms with Gasteiger partial charge in [-0.05, 0) is 23.7 Å². The Balaban J connectivity index is 6.49. The highest BCUT2D eigenvalue weighted by molar-refractivity contribution is 5.82. The van der Waals surface area contributed by atoms with Crippen molar-refractivity contribution in [2.24, 2.45) is 28.1 Å². The number of hydrogen-bond donors (Lipinski definition) is 0. The summed E-state index contributed by atoms with van der Waals surface area (Å²) in [6.45, 7) is 10.6. The van der Waals surface area contributed by atoms with E-state index in [9.17, 15) is 33.0 Å². The molecule has 2 unspecified atom stereocenters. The van der Waals surface area contributed by atoms with Gasteiger partial charge in [-0.2, -0.15) is 13.2 Å². The first-order chi connectivity index (χ1) is 10.3. The largest absolute Gasteiger partial charge is 0.550 e. The van der Waals surface area contributed by atoms with Crippen molar-refractivity contribution in [3.05, 3.63) is 0 Å². The van der Waals surface area contributed by atoms with E-state index in [-0.39, 0.29) is 12.8 Å². The number of rotatable bonds is 6. The molecule has 0 aliphatic rings. The first-order valence-corrected chi connectivity index (χ1v) is 7.82. The fourth-order valence-electron chi connectivity index (χ4n) is 3.54. The van der Waals surface area contributed by atoms with Crippen LogP contribution in [-0.2, 0) is 9.59 Å². The van der Waals surface area contributed by atoms with Crippen LogP contribution < -0.4 is 10.2 Å². The van der Waals surface area contributed by atoms with E-state index in [4.69, 9.17) is 0 Å². The summed E-state index contributed by atoms with van der Waals surface area (Å²) in [5.74, 6) is -8.40. The minimum Gasteiger partial charge on any atom is -0.550 e. The van der Waals surface area contributed by atoms with Crippen LogP contribution in [0, 0.1) is 28.1 Å². The number of halogens is 3. The van der Waals surface area contributed by atoms with Gasteiger partial charge in [0.15, 0.2) is 0 Å². The predicted octanol–water partition coefficient (Wildman–Crippen LogP) is 2.16. The molecule has 0 aliphatic heterocycles. The molecular formula is C17H27F3O4-2. The van der Waals surface area contributed by atoms with Crippen molar-refractivity contribution in [1.29, 1.82) is 0 Å². The number of alkyl halides is 3. The van der Waals surface area contributed by atoms with Crippen molar-refractivity contribution in [3.8, 4) is 0 Å². The lowest BCUT2D eigenvalue weighted by atomic mass is 9.57. The van der Waals surface area contributed by atoms with Crippen LogP contribution in [-0.4, -0.2) is 18.1 Å². The summed E-state index contributed by atoms with van der Waals surface area (Å²) >= 11 is 0. The van der Waals surface area contributed by atoms with Crippen molar-refractivity contribution in [2.75, 3.05) is 0 Å². The summed E-state index contributed by atoms with van der Waals surface area (Å²) in [4.78, 5) is 23.6. The SMILES string of the molecule is CC(C(C(=O)[O-])C(CC(C)(C)C)(CC(C)(C)C)C(=O)[O-])C(F)(F)F. The Bertz CT molecular complexity index is 454. The van der Waals surface area contributed by atoms with Crippen LogP contribution >= 0.6 is 0 Å². The molecule has 0 N–H and O–H groups in total. The van der Waals surface area contributed by atoms with Gasteiger partial charge in [0.2, 0.25) is 0 Å². The zero-order valence-electron chi connectivity index (χ0n) is 15.3. The normalized spacial score (nSPS) is 16.6. The van der Waals surface area contributed by atoms with Gasteiger partial charge in [0.1, 0.15) is 0 Å². The molecule has 0 heterocycles. The van der Waals surface area contributed by atoms with E-state index >= 15 is 0 Å². The maximum Gasteiger partial charge on any atom is 0.392 e. The number of aliphatic carboxylic acids is 2. The summed E-state index contributed by atoms with van der Waals surface area (Å²) in [6.07, 6.45) is -5.39. The first kappa shape index (κ1) is 22.7. The number of carbonyl (C=O) groups excluding carboxylic acids is 2. The van der Waals surface area contributed by atoms with E-state index in [1.54, 1.807) is 41.5 Å². The molecule has 2 atom stereocenters. The van der Waals surface area contributed by atoms with E-state index in [1.165, 1.54) is 0 Å². The van der Waals surface area contributed by atoms with E-state index in [0.717, 1.165) is 0 Å². The molecule has 0 rings (SSSR count).